The molecule has 0 fully saturated rings. The van der Waals surface area contributed by atoms with E-state index in [9.17, 15) is 0 Å². The van der Waals surface area contributed by atoms with E-state index < -0.39 is 0 Å². The quantitative estimate of drug-likeness (QED) is 0.758. The predicted octanol–water partition coefficient (Wildman–Crippen LogP) is 4.56. The molecule has 0 saturated carbocycles. The van der Waals surface area contributed by atoms with E-state index in [2.05, 4.69) is 93.7 Å². The fourth-order valence-corrected chi connectivity index (χ4v) is 3.27. The van der Waals surface area contributed by atoms with Gasteiger partial charge in [0, 0.05) is 50.5 Å². The van der Waals surface area contributed by atoms with Crippen LogP contribution in [0.25, 0.3) is 0 Å². The van der Waals surface area contributed by atoms with Crippen LogP contribution in [-0.4, -0.2) is 25.8 Å². The zero-order valence-electron chi connectivity index (χ0n) is 13.8. The minimum Gasteiger partial charge on any atom is -0.378 e. The van der Waals surface area contributed by atoms with Crippen LogP contribution in [-0.2, 0) is 0 Å². The fraction of sp³-hybridized carbons (Fsp3) is 0.316. The number of para-hydroxylation sites is 1. The monoisotopic (exact) mass is 294 g/mol. The van der Waals surface area contributed by atoms with Crippen LogP contribution in [0.4, 0.5) is 17.1 Å². The Kier molecular flexibility index (Phi) is 3.53. The molecule has 3 rings (SSSR count). The van der Waals surface area contributed by atoms with Gasteiger partial charge >= 0.3 is 0 Å². The standard InChI is InChI=1S/C19H24N3/c1-19(2)14-15-20-22(19,17-8-6-5-7-9-17)18-12-10-16(11-13-18)21(3)4/h5-13,15H,14H2,1-4H3/q+1. The molecule has 22 heavy (non-hydrogen) atoms. The maximum absolute atomic E-state index is 4.93. The second-order valence-electron chi connectivity index (χ2n) is 6.70. The Morgan fingerprint density at radius 2 is 1.50 bits per heavy atom. The first-order valence-electron chi connectivity index (χ1n) is 7.74. The van der Waals surface area contributed by atoms with Crippen molar-refractivity contribution in [3.8, 4) is 0 Å². The van der Waals surface area contributed by atoms with Gasteiger partial charge in [-0.1, -0.05) is 23.3 Å². The van der Waals surface area contributed by atoms with Gasteiger partial charge in [0.2, 0.25) is 0 Å². The van der Waals surface area contributed by atoms with Crippen LogP contribution in [0.1, 0.15) is 20.3 Å². The van der Waals surface area contributed by atoms with E-state index in [0.717, 1.165) is 6.42 Å². The van der Waals surface area contributed by atoms with E-state index in [1.165, 1.54) is 17.1 Å². The van der Waals surface area contributed by atoms with Crippen molar-refractivity contribution in [2.45, 2.75) is 25.8 Å². The number of nitrogens with zero attached hydrogens (tertiary/aromatic N) is 3. The van der Waals surface area contributed by atoms with Crippen molar-refractivity contribution in [3.05, 3.63) is 54.6 Å². The van der Waals surface area contributed by atoms with Gasteiger partial charge in [-0.3, -0.25) is 0 Å². The second-order valence-corrected chi connectivity index (χ2v) is 6.70. The molecular formula is C19H24N3+. The van der Waals surface area contributed by atoms with Gasteiger partial charge in [-0.2, -0.15) is 0 Å². The molecule has 1 aliphatic rings. The molecule has 0 radical (unpaired) electrons. The van der Waals surface area contributed by atoms with Gasteiger partial charge in [0.1, 0.15) is 5.54 Å². The topological polar surface area (TPSA) is 15.6 Å². The molecule has 0 spiro atoms. The van der Waals surface area contributed by atoms with Crippen molar-refractivity contribution in [2.75, 3.05) is 19.0 Å². The Morgan fingerprint density at radius 3 is 2.00 bits per heavy atom. The molecule has 114 valence electrons. The summed E-state index contributed by atoms with van der Waals surface area (Å²) in [6.07, 6.45) is 3.03. The average molecular weight is 294 g/mol. The average Bonchev–Trinajstić information content (AvgIpc) is 2.84. The van der Waals surface area contributed by atoms with E-state index >= 15 is 0 Å². The van der Waals surface area contributed by atoms with Gasteiger partial charge in [-0.05, 0) is 26.0 Å². The third-order valence-corrected chi connectivity index (χ3v) is 4.59. The highest BCUT2D eigenvalue weighted by molar-refractivity contribution is 5.73. The summed E-state index contributed by atoms with van der Waals surface area (Å²) in [5.74, 6) is 0. The second kappa shape index (κ2) is 5.25. The molecule has 1 unspecified atom stereocenters. The molecule has 0 N–H and O–H groups in total. The molecule has 1 heterocycles. The van der Waals surface area contributed by atoms with Crippen molar-refractivity contribution in [2.24, 2.45) is 5.10 Å². The van der Waals surface area contributed by atoms with Crippen LogP contribution < -0.4 is 9.49 Å². The SMILES string of the molecule is CN(C)c1ccc([N+]2(c3ccccc3)N=CCC2(C)C)cc1. The van der Waals surface area contributed by atoms with E-state index in [-0.39, 0.29) is 5.54 Å². The maximum atomic E-state index is 4.93. The largest absolute Gasteiger partial charge is 0.378 e. The molecule has 0 aliphatic carbocycles. The van der Waals surface area contributed by atoms with Crippen LogP contribution in [0.5, 0.6) is 0 Å². The van der Waals surface area contributed by atoms with Crippen LogP contribution >= 0.6 is 0 Å². The van der Waals surface area contributed by atoms with E-state index in [1.807, 2.05) is 0 Å². The zero-order valence-corrected chi connectivity index (χ0v) is 13.8. The Labute approximate surface area is 133 Å². The highest BCUT2D eigenvalue weighted by Crippen LogP contribution is 2.47. The summed E-state index contributed by atoms with van der Waals surface area (Å²) in [5, 5.41) is 4.93. The molecular weight excluding hydrogens is 270 g/mol. The summed E-state index contributed by atoms with van der Waals surface area (Å²) in [4.78, 5) is 2.12. The summed E-state index contributed by atoms with van der Waals surface area (Å²) >= 11 is 0. The lowest BCUT2D eigenvalue weighted by Crippen LogP contribution is -2.52. The molecule has 3 heteroatoms. The molecule has 1 atom stereocenters. The summed E-state index contributed by atoms with van der Waals surface area (Å²) in [6, 6.07) is 19.3. The highest BCUT2D eigenvalue weighted by Gasteiger charge is 2.51. The maximum Gasteiger partial charge on any atom is 0.165 e. The molecule has 0 bridgehead atoms. The first-order valence-corrected chi connectivity index (χ1v) is 7.74. The van der Waals surface area contributed by atoms with Crippen molar-refractivity contribution in [1.29, 1.82) is 0 Å². The van der Waals surface area contributed by atoms with Gasteiger partial charge in [0.05, 0.1) is 6.21 Å². The highest BCUT2D eigenvalue weighted by atomic mass is 15.7. The van der Waals surface area contributed by atoms with Gasteiger partial charge in [-0.15, -0.1) is 4.59 Å². The van der Waals surface area contributed by atoms with Gasteiger partial charge in [-0.25, -0.2) is 0 Å². The molecule has 3 nitrogen and oxygen atoms in total. The van der Waals surface area contributed by atoms with Crippen LogP contribution in [0.15, 0.2) is 59.7 Å². The third kappa shape index (κ3) is 2.13. The lowest BCUT2D eigenvalue weighted by Gasteiger charge is -2.40. The molecule has 2 aromatic rings. The van der Waals surface area contributed by atoms with E-state index in [4.69, 9.17) is 5.10 Å². The lowest BCUT2D eigenvalue weighted by molar-refractivity contribution is 0.235. The Bertz CT molecular complexity index is 672. The number of anilines is 1. The van der Waals surface area contributed by atoms with Crippen LogP contribution in [0.2, 0.25) is 0 Å². The Hall–Kier alpha value is -2.13. The minimum absolute atomic E-state index is 0.000979. The van der Waals surface area contributed by atoms with E-state index in [0.29, 0.717) is 4.59 Å². The number of hydrogen-bond acceptors (Lipinski definition) is 2. The molecule has 0 amide bonds. The number of benzene rings is 2. The van der Waals surface area contributed by atoms with E-state index in [1.54, 1.807) is 0 Å². The summed E-state index contributed by atoms with van der Waals surface area (Å²) in [6.45, 7) is 4.57. The summed E-state index contributed by atoms with van der Waals surface area (Å²) < 4.78 is 0.529. The lowest BCUT2D eigenvalue weighted by atomic mass is 9.96. The number of hydrogen-bond donors (Lipinski definition) is 0. The summed E-state index contributed by atoms with van der Waals surface area (Å²) in [7, 11) is 4.13. The molecule has 1 aliphatic heterocycles. The van der Waals surface area contributed by atoms with Gasteiger partial charge in [0.25, 0.3) is 0 Å². The van der Waals surface area contributed by atoms with Crippen molar-refractivity contribution in [3.63, 3.8) is 0 Å². The number of rotatable bonds is 3. The molecule has 0 aromatic heterocycles. The first kappa shape index (κ1) is 14.8. The zero-order chi connectivity index (χ0) is 15.8. The minimum atomic E-state index is 0.000979. The van der Waals surface area contributed by atoms with Crippen LogP contribution in [0, 0.1) is 0 Å². The first-order chi connectivity index (χ1) is 10.5. The Balaban J connectivity index is 2.17. The normalized spacial score (nSPS) is 22.7. The Morgan fingerprint density at radius 1 is 0.909 bits per heavy atom. The van der Waals surface area contributed by atoms with Crippen molar-refractivity contribution in [1.82, 2.24) is 4.59 Å². The summed E-state index contributed by atoms with van der Waals surface area (Å²) in [5.41, 5.74) is 3.62. The number of quaternary nitrogens is 1. The molecule has 2 aromatic carbocycles. The smallest absolute Gasteiger partial charge is 0.165 e. The third-order valence-electron chi connectivity index (χ3n) is 4.59. The van der Waals surface area contributed by atoms with Crippen LogP contribution in [0.3, 0.4) is 0 Å². The van der Waals surface area contributed by atoms with Gasteiger partial charge in [0.15, 0.2) is 11.4 Å². The van der Waals surface area contributed by atoms with Crippen molar-refractivity contribution >= 4 is 23.3 Å². The molecule has 0 saturated heterocycles. The fourth-order valence-electron chi connectivity index (χ4n) is 3.27. The predicted molar refractivity (Wildman–Crippen MR) is 95.9 cm³/mol. The van der Waals surface area contributed by atoms with Crippen molar-refractivity contribution < 1.29 is 0 Å². The van der Waals surface area contributed by atoms with Gasteiger partial charge < -0.3 is 4.90 Å².